The van der Waals surface area contributed by atoms with Crippen molar-refractivity contribution in [3.05, 3.63) is 230 Å². The van der Waals surface area contributed by atoms with E-state index in [1.807, 2.05) is 0 Å². The maximum Gasteiger partial charge on any atom is 0.235 e. The second kappa shape index (κ2) is 15.0. The van der Waals surface area contributed by atoms with Gasteiger partial charge in [-0.1, -0.05) is 176 Å². The first-order chi connectivity index (χ1) is 33.2. The molecule has 14 rings (SSSR count). The third kappa shape index (κ3) is 5.98. The van der Waals surface area contributed by atoms with Crippen molar-refractivity contribution in [3.63, 3.8) is 0 Å². The number of anilines is 1. The SMILES string of the molecule is c1ccc(C2=NC(n3c4ccc(-c5ccc6c(c5)c5ccccc5n6-c5nc(-c6ccccc6)c6sc(-c7ccccc7)cc6n5)cc4c4ccc5ccccc5c43)Nc3ccccc32)cc1. The minimum atomic E-state index is -0.382. The zero-order valence-corrected chi connectivity index (χ0v) is 36.8. The molecule has 0 saturated heterocycles. The van der Waals surface area contributed by atoms with Gasteiger partial charge >= 0.3 is 0 Å². The highest BCUT2D eigenvalue weighted by atomic mass is 32.1. The number of fused-ring (bicyclic) bond motifs is 10. The van der Waals surface area contributed by atoms with E-state index < -0.39 is 0 Å². The summed E-state index contributed by atoms with van der Waals surface area (Å²) in [6.45, 7) is 0. The summed E-state index contributed by atoms with van der Waals surface area (Å²) in [5.74, 6) is 0.654. The molecule has 67 heavy (non-hydrogen) atoms. The highest BCUT2D eigenvalue weighted by Gasteiger charge is 2.27. The fourth-order valence-corrected chi connectivity index (χ4v) is 11.4. The largest absolute Gasteiger partial charge is 0.346 e. The van der Waals surface area contributed by atoms with Crippen LogP contribution >= 0.6 is 11.3 Å². The summed E-state index contributed by atoms with van der Waals surface area (Å²) in [4.78, 5) is 17.4. The van der Waals surface area contributed by atoms with Crippen LogP contribution in [0.15, 0.2) is 223 Å². The van der Waals surface area contributed by atoms with Crippen LogP contribution in [0.4, 0.5) is 5.69 Å². The summed E-state index contributed by atoms with van der Waals surface area (Å²) in [6.07, 6.45) is -0.382. The second-order valence-corrected chi connectivity index (χ2v) is 18.3. The summed E-state index contributed by atoms with van der Waals surface area (Å²) in [7, 11) is 0. The number of thiophene rings is 1. The molecule has 7 heteroatoms. The monoisotopic (exact) mass is 874 g/mol. The minimum absolute atomic E-state index is 0.382. The molecule has 9 aromatic carbocycles. The van der Waals surface area contributed by atoms with Crippen LogP contribution in [0.3, 0.4) is 0 Å². The normalized spacial score (nSPS) is 13.7. The van der Waals surface area contributed by atoms with E-state index in [2.05, 4.69) is 233 Å². The van der Waals surface area contributed by atoms with Gasteiger partial charge in [0.05, 0.1) is 43.7 Å². The van der Waals surface area contributed by atoms with Gasteiger partial charge in [0, 0.05) is 54.2 Å². The molecule has 6 nitrogen and oxygen atoms in total. The smallest absolute Gasteiger partial charge is 0.235 e. The lowest BCUT2D eigenvalue weighted by molar-refractivity contribution is 0.626. The average Bonchev–Trinajstić information content (AvgIpc) is 4.09. The Kier molecular flexibility index (Phi) is 8.41. The molecule has 314 valence electrons. The zero-order chi connectivity index (χ0) is 44.0. The lowest BCUT2D eigenvalue weighted by Gasteiger charge is -2.28. The van der Waals surface area contributed by atoms with Crippen LogP contribution < -0.4 is 5.32 Å². The third-order valence-corrected chi connectivity index (χ3v) is 14.5. The maximum atomic E-state index is 5.52. The Hall–Kier alpha value is -8.65. The van der Waals surface area contributed by atoms with Crippen molar-refractivity contribution in [1.82, 2.24) is 19.1 Å². The number of hydrogen-bond acceptors (Lipinski definition) is 5. The summed E-state index contributed by atoms with van der Waals surface area (Å²) in [5, 5.41) is 10.9. The third-order valence-electron chi connectivity index (χ3n) is 13.4. The molecule has 0 aliphatic carbocycles. The van der Waals surface area contributed by atoms with Gasteiger partial charge in [0.2, 0.25) is 12.2 Å². The van der Waals surface area contributed by atoms with Crippen LogP contribution in [0.2, 0.25) is 0 Å². The first-order valence-corrected chi connectivity index (χ1v) is 23.4. The van der Waals surface area contributed by atoms with Gasteiger partial charge in [-0.2, -0.15) is 0 Å². The van der Waals surface area contributed by atoms with Crippen LogP contribution in [0, 0.1) is 0 Å². The molecule has 0 bridgehead atoms. The van der Waals surface area contributed by atoms with Crippen LogP contribution in [0.5, 0.6) is 0 Å². The van der Waals surface area contributed by atoms with Gasteiger partial charge < -0.3 is 9.88 Å². The van der Waals surface area contributed by atoms with Crippen molar-refractivity contribution in [2.45, 2.75) is 6.29 Å². The Labute approximate surface area is 389 Å². The molecule has 13 aromatic rings. The first-order valence-electron chi connectivity index (χ1n) is 22.6. The van der Waals surface area contributed by atoms with Gasteiger partial charge in [-0.25, -0.2) is 15.0 Å². The number of benzene rings is 9. The topological polar surface area (TPSA) is 60.0 Å². The van der Waals surface area contributed by atoms with Crippen molar-refractivity contribution >= 4 is 87.3 Å². The molecular weight excluding hydrogens is 837 g/mol. The van der Waals surface area contributed by atoms with Gasteiger partial charge in [0.1, 0.15) is 0 Å². The predicted molar refractivity (Wildman–Crippen MR) is 280 cm³/mol. The molecule has 1 N–H and O–H groups in total. The fraction of sp³-hybridized carbons (Fsp3) is 0.0167. The number of hydrogen-bond donors (Lipinski definition) is 1. The molecule has 5 heterocycles. The van der Waals surface area contributed by atoms with E-state index in [1.54, 1.807) is 11.3 Å². The lowest BCUT2D eigenvalue weighted by atomic mass is 9.99. The Balaban J connectivity index is 0.948. The summed E-state index contributed by atoms with van der Waals surface area (Å²) in [5.41, 5.74) is 15.0. The molecule has 0 saturated carbocycles. The van der Waals surface area contributed by atoms with Crippen molar-refractivity contribution in [2.24, 2.45) is 4.99 Å². The van der Waals surface area contributed by atoms with Crippen molar-refractivity contribution in [2.75, 3.05) is 5.32 Å². The van der Waals surface area contributed by atoms with E-state index in [1.165, 1.54) is 32.0 Å². The number of aromatic nitrogens is 4. The van der Waals surface area contributed by atoms with E-state index in [4.69, 9.17) is 15.0 Å². The van der Waals surface area contributed by atoms with Gasteiger partial charge in [-0.15, -0.1) is 11.3 Å². The minimum Gasteiger partial charge on any atom is -0.346 e. The number of rotatable bonds is 6. The quantitative estimate of drug-likeness (QED) is 0.181. The zero-order valence-electron chi connectivity index (χ0n) is 36.0. The van der Waals surface area contributed by atoms with Gasteiger partial charge in [-0.3, -0.25) is 4.57 Å². The number of aliphatic imine (C=N–C) groups is 1. The van der Waals surface area contributed by atoms with Crippen LogP contribution in [-0.4, -0.2) is 24.8 Å². The van der Waals surface area contributed by atoms with Crippen LogP contribution in [0.25, 0.3) is 103 Å². The molecule has 0 amide bonds. The highest BCUT2D eigenvalue weighted by Crippen LogP contribution is 2.43. The van der Waals surface area contributed by atoms with Crippen LogP contribution in [-0.2, 0) is 0 Å². The fourth-order valence-electron chi connectivity index (χ4n) is 10.3. The molecule has 1 aliphatic rings. The van der Waals surface area contributed by atoms with E-state index in [0.29, 0.717) is 5.95 Å². The van der Waals surface area contributed by atoms with E-state index in [-0.39, 0.29) is 6.29 Å². The Bertz CT molecular complexity index is 4130. The molecule has 1 aliphatic heterocycles. The van der Waals surface area contributed by atoms with Crippen LogP contribution in [0.1, 0.15) is 17.4 Å². The van der Waals surface area contributed by atoms with Gasteiger partial charge in [-0.05, 0) is 64.5 Å². The Morgan fingerprint density at radius 1 is 0.448 bits per heavy atom. The lowest BCUT2D eigenvalue weighted by Crippen LogP contribution is -2.24. The van der Waals surface area contributed by atoms with Gasteiger partial charge in [0.15, 0.2) is 0 Å². The summed E-state index contributed by atoms with van der Waals surface area (Å²) >= 11 is 1.75. The highest BCUT2D eigenvalue weighted by molar-refractivity contribution is 7.22. The molecule has 1 unspecified atom stereocenters. The Morgan fingerprint density at radius 3 is 1.87 bits per heavy atom. The average molecular weight is 875 g/mol. The molecule has 1 atom stereocenters. The maximum absolute atomic E-state index is 5.52. The summed E-state index contributed by atoms with van der Waals surface area (Å²) < 4.78 is 5.72. The van der Waals surface area contributed by atoms with Crippen molar-refractivity contribution in [3.8, 4) is 38.8 Å². The number of nitrogens with one attached hydrogen (secondary N) is 1. The van der Waals surface area contributed by atoms with Gasteiger partial charge in [0.25, 0.3) is 0 Å². The summed E-state index contributed by atoms with van der Waals surface area (Å²) in [6, 6.07) is 77.9. The Morgan fingerprint density at radius 2 is 1.07 bits per heavy atom. The number of para-hydroxylation sites is 2. The standard InChI is InChI=1S/C60H38N6S/c1-4-17-38(18-5-1)54-36-50-58(67-54)56(40-21-8-3-9-22-40)64-59(62-50)65-51-27-15-13-24-44(51)47-34-41(29-32-52(47)65)42-30-33-53-48(35-42)45-31-28-37-16-10-11-23-43(37)57(45)66(53)60-61-49-26-14-12-25-46(49)55(63-60)39-19-6-2-7-20-39/h1-36,60-61H. The first kappa shape index (κ1) is 37.7. The number of nitrogens with zero attached hydrogens (tertiary/aromatic N) is 5. The van der Waals surface area contributed by atoms with Crippen molar-refractivity contribution < 1.29 is 0 Å². The van der Waals surface area contributed by atoms with Crippen molar-refractivity contribution in [1.29, 1.82) is 0 Å². The molecule has 0 fully saturated rings. The van der Waals surface area contributed by atoms with E-state index in [9.17, 15) is 0 Å². The molecule has 4 aromatic heterocycles. The molecule has 0 spiro atoms. The molecule has 0 radical (unpaired) electrons. The second-order valence-electron chi connectivity index (χ2n) is 17.2. The predicted octanol–water partition coefficient (Wildman–Crippen LogP) is 15.5. The molecular formula is C60H38N6S. The van der Waals surface area contributed by atoms with E-state index >= 15 is 0 Å². The van der Waals surface area contributed by atoms with E-state index in [0.717, 1.165) is 88.0 Å².